The Morgan fingerprint density at radius 1 is 0.760 bits per heavy atom. The average molecular weight is 342 g/mol. The summed E-state index contributed by atoms with van der Waals surface area (Å²) in [6, 6.07) is 20.1. The van der Waals surface area contributed by atoms with Gasteiger partial charge in [0.2, 0.25) is 0 Å². The van der Waals surface area contributed by atoms with Crippen molar-refractivity contribution in [2.45, 2.75) is 18.3 Å². The van der Waals surface area contributed by atoms with Crippen LogP contribution in [0.3, 0.4) is 0 Å². The van der Waals surface area contributed by atoms with Crippen molar-refractivity contribution in [3.63, 3.8) is 0 Å². The standard InChI is InChI=1S/C18H18O.C3H8O3/c1-3-17(15-11-7-5-8-12-15)19-18(4-2)16-13-9-6-10-14-16;4-1-3(6)2-5/h3-14,17-18H,1-2H2;3-6H,1-2H2. The molecule has 4 heteroatoms. The topological polar surface area (TPSA) is 69.9 Å². The van der Waals surface area contributed by atoms with E-state index < -0.39 is 6.10 Å². The predicted molar refractivity (Wildman–Crippen MR) is 100 cm³/mol. The summed E-state index contributed by atoms with van der Waals surface area (Å²) in [5, 5.41) is 24.0. The van der Waals surface area contributed by atoms with Gasteiger partial charge in [-0.1, -0.05) is 72.8 Å². The Bertz CT molecular complexity index is 544. The molecule has 25 heavy (non-hydrogen) atoms. The van der Waals surface area contributed by atoms with E-state index in [0.717, 1.165) is 11.1 Å². The molecule has 3 N–H and O–H groups in total. The highest BCUT2D eigenvalue weighted by molar-refractivity contribution is 5.24. The first-order valence-electron chi connectivity index (χ1n) is 8.06. The summed E-state index contributed by atoms with van der Waals surface area (Å²) in [4.78, 5) is 0. The fourth-order valence-corrected chi connectivity index (χ4v) is 2.04. The highest BCUT2D eigenvalue weighted by Crippen LogP contribution is 2.28. The fourth-order valence-electron chi connectivity index (χ4n) is 2.04. The van der Waals surface area contributed by atoms with Crippen molar-refractivity contribution in [2.75, 3.05) is 13.2 Å². The van der Waals surface area contributed by atoms with Gasteiger partial charge in [0.1, 0.15) is 18.3 Å². The van der Waals surface area contributed by atoms with E-state index in [1.54, 1.807) is 0 Å². The van der Waals surface area contributed by atoms with E-state index in [0.29, 0.717) is 0 Å². The molecule has 2 rings (SSSR count). The van der Waals surface area contributed by atoms with E-state index >= 15 is 0 Å². The number of rotatable bonds is 8. The van der Waals surface area contributed by atoms with E-state index in [4.69, 9.17) is 20.1 Å². The molecule has 0 heterocycles. The van der Waals surface area contributed by atoms with Crippen LogP contribution in [0.2, 0.25) is 0 Å². The Hall–Kier alpha value is -2.24. The normalized spacial score (nSPS) is 12.6. The van der Waals surface area contributed by atoms with Crippen molar-refractivity contribution in [2.24, 2.45) is 0 Å². The molecule has 0 spiro atoms. The summed E-state index contributed by atoms with van der Waals surface area (Å²) in [7, 11) is 0. The van der Waals surface area contributed by atoms with Gasteiger partial charge < -0.3 is 20.1 Å². The van der Waals surface area contributed by atoms with Crippen molar-refractivity contribution in [1.82, 2.24) is 0 Å². The number of ether oxygens (including phenoxy) is 1. The Morgan fingerprint density at radius 3 is 1.36 bits per heavy atom. The van der Waals surface area contributed by atoms with Crippen molar-refractivity contribution in [3.8, 4) is 0 Å². The smallest absolute Gasteiger partial charge is 0.102 e. The van der Waals surface area contributed by atoms with Crippen LogP contribution in [0.25, 0.3) is 0 Å². The maximum atomic E-state index is 8.17. The first kappa shape index (κ1) is 20.8. The zero-order valence-corrected chi connectivity index (χ0v) is 14.2. The molecule has 0 aliphatic rings. The quantitative estimate of drug-likeness (QED) is 0.645. The van der Waals surface area contributed by atoms with Gasteiger partial charge in [-0.25, -0.2) is 0 Å². The third kappa shape index (κ3) is 7.45. The molecule has 2 unspecified atom stereocenters. The molecule has 2 aromatic rings. The predicted octanol–water partition coefficient (Wildman–Crippen LogP) is 3.19. The van der Waals surface area contributed by atoms with Gasteiger partial charge in [-0.3, -0.25) is 0 Å². The van der Waals surface area contributed by atoms with Crippen LogP contribution in [0, 0.1) is 0 Å². The summed E-state index contributed by atoms with van der Waals surface area (Å²) < 4.78 is 6.08. The van der Waals surface area contributed by atoms with Crippen LogP contribution >= 0.6 is 0 Å². The van der Waals surface area contributed by atoms with E-state index in [9.17, 15) is 0 Å². The van der Waals surface area contributed by atoms with Gasteiger partial charge in [-0.15, -0.1) is 13.2 Å². The third-order valence-corrected chi connectivity index (χ3v) is 3.40. The first-order valence-corrected chi connectivity index (χ1v) is 8.06. The summed E-state index contributed by atoms with van der Waals surface area (Å²) in [5.74, 6) is 0. The summed E-state index contributed by atoms with van der Waals surface area (Å²) in [6.45, 7) is 6.99. The Labute approximate surface area is 149 Å². The molecule has 0 aliphatic heterocycles. The molecule has 0 radical (unpaired) electrons. The minimum absolute atomic E-state index is 0.135. The summed E-state index contributed by atoms with van der Waals surface area (Å²) >= 11 is 0. The minimum Gasteiger partial charge on any atom is -0.394 e. The lowest BCUT2D eigenvalue weighted by Gasteiger charge is -2.21. The van der Waals surface area contributed by atoms with Crippen LogP contribution in [-0.2, 0) is 4.74 Å². The van der Waals surface area contributed by atoms with Crippen molar-refractivity contribution >= 4 is 0 Å². The second-order valence-corrected chi connectivity index (χ2v) is 5.29. The molecule has 0 aromatic heterocycles. The van der Waals surface area contributed by atoms with Gasteiger partial charge in [0.25, 0.3) is 0 Å². The third-order valence-electron chi connectivity index (χ3n) is 3.40. The highest BCUT2D eigenvalue weighted by atomic mass is 16.5. The fraction of sp³-hybridized carbons (Fsp3) is 0.238. The molecule has 2 atom stereocenters. The van der Waals surface area contributed by atoms with Crippen LogP contribution in [0.4, 0.5) is 0 Å². The van der Waals surface area contributed by atoms with Gasteiger partial charge in [-0.05, 0) is 11.1 Å². The zero-order valence-electron chi connectivity index (χ0n) is 14.2. The maximum absolute atomic E-state index is 8.17. The minimum atomic E-state index is -0.954. The van der Waals surface area contributed by atoms with Crippen LogP contribution in [-0.4, -0.2) is 34.6 Å². The summed E-state index contributed by atoms with van der Waals surface area (Å²) in [5.41, 5.74) is 2.19. The Morgan fingerprint density at radius 2 is 1.12 bits per heavy atom. The van der Waals surface area contributed by atoms with E-state index in [1.165, 1.54) is 0 Å². The largest absolute Gasteiger partial charge is 0.394 e. The molecule has 0 bridgehead atoms. The molecule has 0 aliphatic carbocycles. The number of benzene rings is 2. The van der Waals surface area contributed by atoms with Crippen LogP contribution in [0.1, 0.15) is 23.3 Å². The van der Waals surface area contributed by atoms with Crippen molar-refractivity contribution in [3.05, 3.63) is 97.1 Å². The maximum Gasteiger partial charge on any atom is 0.102 e. The molecule has 0 saturated carbocycles. The Balaban J connectivity index is 0.000000450. The van der Waals surface area contributed by atoms with Gasteiger partial charge in [0, 0.05) is 0 Å². The van der Waals surface area contributed by atoms with E-state index in [-0.39, 0.29) is 25.4 Å². The molecule has 2 aromatic carbocycles. The molecule has 0 amide bonds. The highest BCUT2D eigenvalue weighted by Gasteiger charge is 2.14. The van der Waals surface area contributed by atoms with Crippen molar-refractivity contribution < 1.29 is 20.1 Å². The van der Waals surface area contributed by atoms with E-state index in [1.807, 2.05) is 72.8 Å². The second-order valence-electron chi connectivity index (χ2n) is 5.29. The molecule has 134 valence electrons. The second kappa shape index (κ2) is 12.2. The van der Waals surface area contributed by atoms with Crippen LogP contribution in [0.5, 0.6) is 0 Å². The molecule has 0 fully saturated rings. The van der Waals surface area contributed by atoms with Crippen molar-refractivity contribution in [1.29, 1.82) is 0 Å². The molecular formula is C21H26O4. The van der Waals surface area contributed by atoms with E-state index in [2.05, 4.69) is 13.2 Å². The van der Waals surface area contributed by atoms with Gasteiger partial charge in [0.15, 0.2) is 0 Å². The molecule has 0 saturated heterocycles. The first-order chi connectivity index (χ1) is 12.2. The zero-order chi connectivity index (χ0) is 18.5. The molecule has 4 nitrogen and oxygen atoms in total. The van der Waals surface area contributed by atoms with Gasteiger partial charge >= 0.3 is 0 Å². The van der Waals surface area contributed by atoms with Gasteiger partial charge in [0.05, 0.1) is 13.2 Å². The lowest BCUT2D eigenvalue weighted by molar-refractivity contribution is 0.0403. The summed E-state index contributed by atoms with van der Waals surface area (Å²) in [6.07, 6.45) is 2.41. The number of aliphatic hydroxyl groups is 3. The number of hydrogen-bond acceptors (Lipinski definition) is 4. The van der Waals surface area contributed by atoms with Gasteiger partial charge in [-0.2, -0.15) is 0 Å². The number of aliphatic hydroxyl groups excluding tert-OH is 3. The van der Waals surface area contributed by atoms with Crippen LogP contribution in [0.15, 0.2) is 86.0 Å². The lowest BCUT2D eigenvalue weighted by Crippen LogP contribution is -2.15. The number of hydrogen-bond donors (Lipinski definition) is 3. The van der Waals surface area contributed by atoms with Crippen LogP contribution < -0.4 is 0 Å². The SMILES string of the molecule is C=CC(OC(C=C)c1ccccc1)c1ccccc1.OCC(O)CO. The molecular weight excluding hydrogens is 316 g/mol. The lowest BCUT2D eigenvalue weighted by atomic mass is 10.1. The Kier molecular flexibility index (Phi) is 10.1. The monoisotopic (exact) mass is 342 g/mol. The average Bonchev–Trinajstić information content (AvgIpc) is 2.70.